The van der Waals surface area contributed by atoms with Crippen LogP contribution in [0.15, 0.2) is 12.7 Å². The molecule has 0 aromatic rings. The van der Waals surface area contributed by atoms with Crippen molar-refractivity contribution in [3.63, 3.8) is 0 Å². The summed E-state index contributed by atoms with van der Waals surface area (Å²) in [7, 11) is 0. The number of piperidine rings is 2. The van der Waals surface area contributed by atoms with Crippen molar-refractivity contribution in [1.29, 1.82) is 0 Å². The predicted octanol–water partition coefficient (Wildman–Crippen LogP) is 0.558. The second-order valence-electron chi connectivity index (χ2n) is 6.71. The maximum Gasteiger partial charge on any atom is 0.325 e. The van der Waals surface area contributed by atoms with E-state index in [9.17, 15) is 9.59 Å². The van der Waals surface area contributed by atoms with Gasteiger partial charge in [0.25, 0.3) is 5.91 Å². The van der Waals surface area contributed by atoms with E-state index in [1.807, 2.05) is 6.08 Å². The van der Waals surface area contributed by atoms with Crippen molar-refractivity contribution >= 4 is 11.9 Å². The molecule has 122 valence electrons. The molecule has 3 fully saturated rings. The summed E-state index contributed by atoms with van der Waals surface area (Å²) in [6.45, 7) is 8.80. The van der Waals surface area contributed by atoms with Crippen LogP contribution in [0.25, 0.3) is 0 Å². The van der Waals surface area contributed by atoms with Gasteiger partial charge >= 0.3 is 6.03 Å². The van der Waals surface area contributed by atoms with Gasteiger partial charge in [0.2, 0.25) is 0 Å². The van der Waals surface area contributed by atoms with Gasteiger partial charge in [0.15, 0.2) is 0 Å². The van der Waals surface area contributed by atoms with Gasteiger partial charge in [-0.1, -0.05) is 6.08 Å². The van der Waals surface area contributed by atoms with E-state index >= 15 is 0 Å². The minimum Gasteiger partial charge on any atom is -0.323 e. The van der Waals surface area contributed by atoms with Crippen LogP contribution in [0.1, 0.15) is 25.7 Å². The Balaban J connectivity index is 1.62. The summed E-state index contributed by atoms with van der Waals surface area (Å²) in [6.07, 6.45) is 5.37. The Kier molecular flexibility index (Phi) is 4.49. The molecule has 3 aliphatic heterocycles. The van der Waals surface area contributed by atoms with Crippen LogP contribution in [-0.2, 0) is 4.79 Å². The standard InChI is InChI=1S/C16H26N4O2/c1-2-9-19-10-5-16(6-11-19)14(21)20(15(22)18-16)12-13-3-7-17-8-4-13/h2,13,17H,1,3-12H2,(H,18,22). The predicted molar refractivity (Wildman–Crippen MR) is 84.4 cm³/mol. The number of hydrogen-bond acceptors (Lipinski definition) is 4. The average Bonchev–Trinajstić information content (AvgIpc) is 2.76. The van der Waals surface area contributed by atoms with E-state index in [0.29, 0.717) is 25.3 Å². The fraction of sp³-hybridized carbons (Fsp3) is 0.750. The topological polar surface area (TPSA) is 64.7 Å². The Bertz CT molecular complexity index is 451. The fourth-order valence-electron chi connectivity index (χ4n) is 3.80. The van der Waals surface area contributed by atoms with E-state index in [1.165, 1.54) is 4.90 Å². The zero-order chi connectivity index (χ0) is 15.6. The number of likely N-dealkylation sites (tertiary alicyclic amines) is 1. The number of imide groups is 1. The van der Waals surface area contributed by atoms with Crippen molar-refractivity contribution in [2.45, 2.75) is 31.2 Å². The smallest absolute Gasteiger partial charge is 0.323 e. The number of nitrogens with one attached hydrogen (secondary N) is 2. The van der Waals surface area contributed by atoms with E-state index in [2.05, 4.69) is 22.1 Å². The third-order valence-electron chi connectivity index (χ3n) is 5.24. The second-order valence-corrected chi connectivity index (χ2v) is 6.71. The highest BCUT2D eigenvalue weighted by Gasteiger charge is 2.52. The first-order valence-corrected chi connectivity index (χ1v) is 8.33. The molecule has 22 heavy (non-hydrogen) atoms. The highest BCUT2D eigenvalue weighted by Crippen LogP contribution is 2.30. The van der Waals surface area contributed by atoms with Gasteiger partial charge in [-0.3, -0.25) is 14.6 Å². The SMILES string of the molecule is C=CCN1CCC2(CC1)NC(=O)N(CC1CCNCC1)C2=O. The van der Waals surface area contributed by atoms with Crippen LogP contribution < -0.4 is 10.6 Å². The molecule has 0 aromatic carbocycles. The van der Waals surface area contributed by atoms with E-state index in [0.717, 1.165) is 45.6 Å². The largest absolute Gasteiger partial charge is 0.325 e. The Morgan fingerprint density at radius 2 is 1.91 bits per heavy atom. The molecule has 3 heterocycles. The average molecular weight is 306 g/mol. The summed E-state index contributed by atoms with van der Waals surface area (Å²) in [4.78, 5) is 28.8. The second kappa shape index (κ2) is 6.38. The van der Waals surface area contributed by atoms with Gasteiger partial charge in [-0.05, 0) is 44.7 Å². The Morgan fingerprint density at radius 1 is 1.23 bits per heavy atom. The van der Waals surface area contributed by atoms with Gasteiger partial charge in [0, 0.05) is 26.2 Å². The van der Waals surface area contributed by atoms with Crippen molar-refractivity contribution in [2.24, 2.45) is 5.92 Å². The molecule has 0 aliphatic carbocycles. The normalized spacial score (nSPS) is 26.5. The van der Waals surface area contributed by atoms with Gasteiger partial charge < -0.3 is 10.6 Å². The quantitative estimate of drug-likeness (QED) is 0.588. The first-order chi connectivity index (χ1) is 10.6. The molecular weight excluding hydrogens is 280 g/mol. The molecule has 0 unspecified atom stereocenters. The Labute approximate surface area is 131 Å². The molecule has 0 bridgehead atoms. The highest BCUT2D eigenvalue weighted by atomic mass is 16.2. The lowest BCUT2D eigenvalue weighted by atomic mass is 9.87. The van der Waals surface area contributed by atoms with Crippen LogP contribution in [0.3, 0.4) is 0 Å². The molecule has 0 radical (unpaired) electrons. The zero-order valence-electron chi connectivity index (χ0n) is 13.1. The van der Waals surface area contributed by atoms with Gasteiger partial charge in [-0.2, -0.15) is 0 Å². The van der Waals surface area contributed by atoms with Crippen molar-refractivity contribution in [2.75, 3.05) is 39.3 Å². The number of carbonyl (C=O) groups excluding carboxylic acids is 2. The molecule has 0 aromatic heterocycles. The summed E-state index contributed by atoms with van der Waals surface area (Å²) in [5, 5.41) is 6.31. The van der Waals surface area contributed by atoms with Crippen LogP contribution in [0.5, 0.6) is 0 Å². The summed E-state index contributed by atoms with van der Waals surface area (Å²) in [5.41, 5.74) is -0.651. The monoisotopic (exact) mass is 306 g/mol. The molecule has 3 aliphatic rings. The maximum absolute atomic E-state index is 12.8. The van der Waals surface area contributed by atoms with Crippen LogP contribution >= 0.6 is 0 Å². The maximum atomic E-state index is 12.8. The minimum absolute atomic E-state index is 0.00529. The zero-order valence-corrected chi connectivity index (χ0v) is 13.1. The van der Waals surface area contributed by atoms with Crippen molar-refractivity contribution in [3.05, 3.63) is 12.7 Å². The molecule has 3 amide bonds. The molecule has 0 saturated carbocycles. The minimum atomic E-state index is -0.651. The van der Waals surface area contributed by atoms with Gasteiger partial charge in [0.05, 0.1) is 0 Å². The molecule has 1 spiro atoms. The number of nitrogens with zero attached hydrogens (tertiary/aromatic N) is 2. The van der Waals surface area contributed by atoms with Crippen LogP contribution in [-0.4, -0.2) is 66.5 Å². The Morgan fingerprint density at radius 3 is 2.55 bits per heavy atom. The van der Waals surface area contributed by atoms with E-state index in [4.69, 9.17) is 0 Å². The lowest BCUT2D eigenvalue weighted by Gasteiger charge is -2.37. The number of amides is 3. The van der Waals surface area contributed by atoms with E-state index in [1.54, 1.807) is 0 Å². The molecule has 3 saturated heterocycles. The molecule has 2 N–H and O–H groups in total. The van der Waals surface area contributed by atoms with Gasteiger partial charge in [-0.15, -0.1) is 6.58 Å². The first kappa shape index (κ1) is 15.5. The van der Waals surface area contributed by atoms with Gasteiger partial charge in [-0.25, -0.2) is 4.79 Å². The highest BCUT2D eigenvalue weighted by molar-refractivity contribution is 6.07. The lowest BCUT2D eigenvalue weighted by molar-refractivity contribution is -0.133. The van der Waals surface area contributed by atoms with Gasteiger partial charge in [0.1, 0.15) is 5.54 Å². The van der Waals surface area contributed by atoms with E-state index < -0.39 is 5.54 Å². The van der Waals surface area contributed by atoms with E-state index in [-0.39, 0.29) is 11.9 Å². The molecule has 6 heteroatoms. The summed E-state index contributed by atoms with van der Waals surface area (Å²) in [6, 6.07) is -0.194. The first-order valence-electron chi connectivity index (χ1n) is 8.33. The fourth-order valence-corrected chi connectivity index (χ4v) is 3.80. The number of rotatable bonds is 4. The summed E-state index contributed by atoms with van der Waals surface area (Å²) in [5.74, 6) is 0.432. The van der Waals surface area contributed by atoms with Crippen molar-refractivity contribution < 1.29 is 9.59 Å². The summed E-state index contributed by atoms with van der Waals surface area (Å²) < 4.78 is 0. The molecular formula is C16H26N4O2. The Hall–Kier alpha value is -1.40. The number of carbonyl (C=O) groups is 2. The lowest BCUT2D eigenvalue weighted by Crippen LogP contribution is -2.55. The molecule has 6 nitrogen and oxygen atoms in total. The molecule has 3 rings (SSSR count). The summed E-state index contributed by atoms with van der Waals surface area (Å²) >= 11 is 0. The number of hydrogen-bond donors (Lipinski definition) is 2. The third-order valence-corrected chi connectivity index (χ3v) is 5.24. The van der Waals surface area contributed by atoms with Crippen LogP contribution in [0.2, 0.25) is 0 Å². The van der Waals surface area contributed by atoms with Crippen molar-refractivity contribution in [1.82, 2.24) is 20.4 Å². The van der Waals surface area contributed by atoms with Crippen molar-refractivity contribution in [3.8, 4) is 0 Å². The molecule has 0 atom stereocenters. The number of urea groups is 1. The third kappa shape index (κ3) is 2.90. The van der Waals surface area contributed by atoms with Crippen LogP contribution in [0, 0.1) is 5.92 Å². The van der Waals surface area contributed by atoms with Crippen LogP contribution in [0.4, 0.5) is 4.79 Å².